The summed E-state index contributed by atoms with van der Waals surface area (Å²) in [6, 6.07) is 7.97. The van der Waals surface area contributed by atoms with E-state index in [1.165, 1.54) is 5.56 Å². The number of amides is 1. The third-order valence-electron chi connectivity index (χ3n) is 3.07. The summed E-state index contributed by atoms with van der Waals surface area (Å²) in [6.45, 7) is 4.58. The van der Waals surface area contributed by atoms with Crippen LogP contribution in [0.25, 0.3) is 0 Å². The van der Waals surface area contributed by atoms with Crippen LogP contribution in [0.15, 0.2) is 24.3 Å². The Kier molecular flexibility index (Phi) is 4.40. The monoisotopic (exact) mass is 252 g/mol. The molecular formula is C13H17ClN2O. The highest BCUT2D eigenvalue weighted by atomic mass is 35.5. The van der Waals surface area contributed by atoms with E-state index in [1.807, 2.05) is 23.1 Å². The maximum absolute atomic E-state index is 10.7. The Bertz CT molecular complexity index is 383. The van der Waals surface area contributed by atoms with Crippen molar-refractivity contribution in [1.82, 2.24) is 9.80 Å². The number of hydrogen-bond donors (Lipinski definition) is 0. The normalized spacial score (nSPS) is 17.8. The van der Waals surface area contributed by atoms with E-state index in [1.54, 1.807) is 0 Å². The summed E-state index contributed by atoms with van der Waals surface area (Å²) in [5.74, 6) is 0. The molecule has 1 heterocycles. The van der Waals surface area contributed by atoms with E-state index in [0.717, 1.165) is 50.6 Å². The van der Waals surface area contributed by atoms with E-state index in [-0.39, 0.29) is 0 Å². The van der Waals surface area contributed by atoms with Crippen molar-refractivity contribution in [2.75, 3.05) is 26.2 Å². The minimum atomic E-state index is 0.784. The fourth-order valence-electron chi connectivity index (χ4n) is 2.15. The summed E-state index contributed by atoms with van der Waals surface area (Å²) in [7, 11) is 0. The predicted octanol–water partition coefficient (Wildman–Crippen LogP) is 2.00. The van der Waals surface area contributed by atoms with Crippen molar-refractivity contribution in [1.29, 1.82) is 0 Å². The number of carbonyl (C=O) groups is 1. The summed E-state index contributed by atoms with van der Waals surface area (Å²) < 4.78 is 0. The topological polar surface area (TPSA) is 23.6 Å². The van der Waals surface area contributed by atoms with Gasteiger partial charge in [-0.25, -0.2) is 0 Å². The first-order valence-corrected chi connectivity index (χ1v) is 6.32. The summed E-state index contributed by atoms with van der Waals surface area (Å²) in [6.07, 6.45) is 1.99. The molecule has 4 heteroatoms. The van der Waals surface area contributed by atoms with E-state index in [0.29, 0.717) is 0 Å². The molecule has 1 aliphatic heterocycles. The molecule has 1 aromatic carbocycles. The predicted molar refractivity (Wildman–Crippen MR) is 69.0 cm³/mol. The standard InChI is InChI=1S/C13H17ClN2O/c14-13-4-1-3-12(9-13)10-15-5-2-6-16(11-17)8-7-15/h1,3-4,9,11H,2,5-8,10H2. The first-order valence-electron chi connectivity index (χ1n) is 5.94. The van der Waals surface area contributed by atoms with E-state index in [9.17, 15) is 4.79 Å². The van der Waals surface area contributed by atoms with Gasteiger partial charge in [0.15, 0.2) is 0 Å². The molecule has 1 amide bonds. The van der Waals surface area contributed by atoms with Gasteiger partial charge in [0.05, 0.1) is 0 Å². The molecule has 17 heavy (non-hydrogen) atoms. The first kappa shape index (κ1) is 12.4. The number of rotatable bonds is 3. The molecule has 0 bridgehead atoms. The molecule has 0 spiro atoms. The van der Waals surface area contributed by atoms with Crippen molar-refractivity contribution in [3.63, 3.8) is 0 Å². The van der Waals surface area contributed by atoms with E-state index >= 15 is 0 Å². The SMILES string of the molecule is O=CN1CCCN(Cc2cccc(Cl)c2)CC1. The number of nitrogens with zero attached hydrogens (tertiary/aromatic N) is 2. The second-order valence-corrected chi connectivity index (χ2v) is 4.84. The molecule has 0 aliphatic carbocycles. The maximum Gasteiger partial charge on any atom is 0.209 e. The zero-order chi connectivity index (χ0) is 12.1. The number of halogens is 1. The molecule has 0 atom stereocenters. The fourth-order valence-corrected chi connectivity index (χ4v) is 2.36. The largest absolute Gasteiger partial charge is 0.344 e. The molecule has 1 aliphatic rings. The molecule has 2 rings (SSSR count). The second-order valence-electron chi connectivity index (χ2n) is 4.40. The van der Waals surface area contributed by atoms with E-state index in [2.05, 4.69) is 11.0 Å². The summed E-state index contributed by atoms with van der Waals surface area (Å²) in [5.41, 5.74) is 1.23. The van der Waals surface area contributed by atoms with Crippen molar-refractivity contribution in [2.24, 2.45) is 0 Å². The number of hydrogen-bond acceptors (Lipinski definition) is 2. The van der Waals surface area contributed by atoms with Gasteiger partial charge < -0.3 is 4.90 Å². The molecule has 0 saturated carbocycles. The van der Waals surface area contributed by atoms with Crippen molar-refractivity contribution in [2.45, 2.75) is 13.0 Å². The van der Waals surface area contributed by atoms with Crippen LogP contribution in [0.4, 0.5) is 0 Å². The van der Waals surface area contributed by atoms with Gasteiger partial charge in [-0.1, -0.05) is 23.7 Å². The highest BCUT2D eigenvalue weighted by molar-refractivity contribution is 6.30. The van der Waals surface area contributed by atoms with E-state index in [4.69, 9.17) is 11.6 Å². The molecule has 92 valence electrons. The van der Waals surface area contributed by atoms with Crippen molar-refractivity contribution >= 4 is 18.0 Å². The average molecular weight is 253 g/mol. The molecular weight excluding hydrogens is 236 g/mol. The van der Waals surface area contributed by atoms with Crippen LogP contribution in [0.2, 0.25) is 5.02 Å². The molecule has 0 N–H and O–H groups in total. The Morgan fingerprint density at radius 3 is 2.88 bits per heavy atom. The lowest BCUT2D eigenvalue weighted by Crippen LogP contribution is -2.29. The van der Waals surface area contributed by atoms with Crippen LogP contribution in [0, 0.1) is 0 Å². The molecule has 0 aromatic heterocycles. The van der Waals surface area contributed by atoms with Gasteiger partial charge in [0.2, 0.25) is 6.41 Å². The molecule has 1 fully saturated rings. The van der Waals surface area contributed by atoms with Crippen LogP contribution < -0.4 is 0 Å². The van der Waals surface area contributed by atoms with Crippen LogP contribution in [0.1, 0.15) is 12.0 Å². The Morgan fingerprint density at radius 1 is 1.24 bits per heavy atom. The van der Waals surface area contributed by atoms with Gasteiger partial charge >= 0.3 is 0 Å². The number of carbonyl (C=O) groups excluding carboxylic acids is 1. The smallest absolute Gasteiger partial charge is 0.209 e. The van der Waals surface area contributed by atoms with Crippen LogP contribution in [0.5, 0.6) is 0 Å². The van der Waals surface area contributed by atoms with Gasteiger partial charge in [0.1, 0.15) is 0 Å². The van der Waals surface area contributed by atoms with Crippen molar-refractivity contribution in [3.05, 3.63) is 34.9 Å². The highest BCUT2D eigenvalue weighted by Crippen LogP contribution is 2.13. The lowest BCUT2D eigenvalue weighted by atomic mass is 10.2. The fraction of sp³-hybridized carbons (Fsp3) is 0.462. The van der Waals surface area contributed by atoms with Crippen molar-refractivity contribution < 1.29 is 4.79 Å². The van der Waals surface area contributed by atoms with Crippen LogP contribution >= 0.6 is 11.6 Å². The highest BCUT2D eigenvalue weighted by Gasteiger charge is 2.13. The summed E-state index contributed by atoms with van der Waals surface area (Å²) >= 11 is 5.97. The van der Waals surface area contributed by atoms with Gasteiger partial charge in [0.25, 0.3) is 0 Å². The summed E-state index contributed by atoms with van der Waals surface area (Å²) in [4.78, 5) is 14.9. The molecule has 0 unspecified atom stereocenters. The molecule has 3 nitrogen and oxygen atoms in total. The first-order chi connectivity index (χ1) is 8.28. The average Bonchev–Trinajstić information content (AvgIpc) is 2.54. The minimum absolute atomic E-state index is 0.784. The molecule has 1 aromatic rings. The van der Waals surface area contributed by atoms with Gasteiger partial charge in [-0.05, 0) is 24.1 Å². The van der Waals surface area contributed by atoms with Crippen molar-refractivity contribution in [3.8, 4) is 0 Å². The van der Waals surface area contributed by atoms with Gasteiger partial charge in [-0.3, -0.25) is 9.69 Å². The Hall–Kier alpha value is -1.06. The summed E-state index contributed by atoms with van der Waals surface area (Å²) in [5, 5.41) is 0.784. The third-order valence-corrected chi connectivity index (χ3v) is 3.30. The Morgan fingerprint density at radius 2 is 2.12 bits per heavy atom. The van der Waals surface area contributed by atoms with Gasteiger partial charge in [0, 0.05) is 37.7 Å². The van der Waals surface area contributed by atoms with Crippen LogP contribution in [-0.4, -0.2) is 42.4 Å². The van der Waals surface area contributed by atoms with Gasteiger partial charge in [-0.15, -0.1) is 0 Å². The second kappa shape index (κ2) is 6.03. The number of benzene rings is 1. The molecule has 1 saturated heterocycles. The quantitative estimate of drug-likeness (QED) is 0.769. The Balaban J connectivity index is 1.93. The van der Waals surface area contributed by atoms with Crippen LogP contribution in [-0.2, 0) is 11.3 Å². The Labute approximate surface area is 107 Å². The molecule has 0 radical (unpaired) electrons. The lowest BCUT2D eigenvalue weighted by molar-refractivity contribution is -0.118. The zero-order valence-electron chi connectivity index (χ0n) is 9.81. The van der Waals surface area contributed by atoms with Gasteiger partial charge in [-0.2, -0.15) is 0 Å². The lowest BCUT2D eigenvalue weighted by Gasteiger charge is -2.20. The third kappa shape index (κ3) is 3.72. The maximum atomic E-state index is 10.7. The minimum Gasteiger partial charge on any atom is -0.344 e. The van der Waals surface area contributed by atoms with Crippen LogP contribution in [0.3, 0.4) is 0 Å². The van der Waals surface area contributed by atoms with E-state index < -0.39 is 0 Å². The zero-order valence-corrected chi connectivity index (χ0v) is 10.6.